The van der Waals surface area contributed by atoms with Crippen molar-refractivity contribution in [3.63, 3.8) is 0 Å². The zero-order chi connectivity index (χ0) is 20.0. The van der Waals surface area contributed by atoms with E-state index in [9.17, 15) is 14.7 Å². The van der Waals surface area contributed by atoms with Gasteiger partial charge in [-0.2, -0.15) is 0 Å². The normalized spacial score (nSPS) is 21.0. The molecule has 0 unspecified atom stereocenters. The van der Waals surface area contributed by atoms with Crippen LogP contribution < -0.4 is 0 Å². The van der Waals surface area contributed by atoms with Crippen molar-refractivity contribution >= 4 is 11.9 Å². The fraction of sp³-hybridized carbons (Fsp3) is 0.619. The molecule has 1 N–H and O–H groups in total. The molecule has 0 aliphatic carbocycles. The van der Waals surface area contributed by atoms with Gasteiger partial charge in [0.1, 0.15) is 0 Å². The lowest BCUT2D eigenvalue weighted by Gasteiger charge is -2.36. The molecule has 1 aromatic rings. The minimum atomic E-state index is -0.801. The number of aliphatic hydroxyl groups is 1. The lowest BCUT2D eigenvalue weighted by atomic mass is 9.99. The second-order valence-electron chi connectivity index (χ2n) is 7.50. The monoisotopic (exact) mass is 375 g/mol. The maximum absolute atomic E-state index is 13.4. The van der Waals surface area contributed by atoms with Crippen LogP contribution in [-0.4, -0.2) is 63.7 Å². The summed E-state index contributed by atoms with van der Waals surface area (Å²) in [4.78, 5) is 27.9. The summed E-state index contributed by atoms with van der Waals surface area (Å²) in [5.41, 5.74) is 1.07. The van der Waals surface area contributed by atoms with E-state index in [2.05, 4.69) is 0 Å². The predicted octanol–water partition coefficient (Wildman–Crippen LogP) is 2.92. The van der Waals surface area contributed by atoms with Crippen molar-refractivity contribution in [1.29, 1.82) is 0 Å². The highest BCUT2D eigenvalue weighted by Crippen LogP contribution is 2.23. The quantitative estimate of drug-likeness (QED) is 0.797. The first-order valence-corrected chi connectivity index (χ1v) is 10.0. The summed E-state index contributed by atoms with van der Waals surface area (Å²) in [5, 5.41) is 14.0. The molecular formula is C21H33N3O3. The van der Waals surface area contributed by atoms with Gasteiger partial charge >= 0.3 is 6.03 Å². The molecule has 1 aliphatic heterocycles. The van der Waals surface area contributed by atoms with Crippen LogP contribution in [0.5, 0.6) is 0 Å². The Labute approximate surface area is 162 Å². The maximum Gasteiger partial charge on any atom is 0.339 e. The summed E-state index contributed by atoms with van der Waals surface area (Å²) in [6.45, 7) is 8.79. The number of carbonyl (C=O) groups excluding carboxylic acids is 2. The van der Waals surface area contributed by atoms with Gasteiger partial charge in [0.15, 0.2) is 0 Å². The summed E-state index contributed by atoms with van der Waals surface area (Å²) in [6.07, 6.45) is 1.30. The smallest absolute Gasteiger partial charge is 0.339 e. The standard InChI is InChI=1S/C21H33N3O3/c1-5-12-22-18(14-17-10-8-7-9-11-17)19(25)15-24(20(26)16(3)4)23(13-6-2)21(22)27/h7-11,16,18-19,25H,5-6,12-15H2,1-4H3/t18-,19-/m1/s1. The third-order valence-corrected chi connectivity index (χ3v) is 4.90. The van der Waals surface area contributed by atoms with Gasteiger partial charge in [0, 0.05) is 19.0 Å². The molecule has 2 atom stereocenters. The molecule has 27 heavy (non-hydrogen) atoms. The second-order valence-corrected chi connectivity index (χ2v) is 7.50. The minimum absolute atomic E-state index is 0.132. The molecule has 0 saturated carbocycles. The van der Waals surface area contributed by atoms with E-state index in [1.807, 2.05) is 58.0 Å². The van der Waals surface area contributed by atoms with Gasteiger partial charge in [0.25, 0.3) is 0 Å². The third-order valence-electron chi connectivity index (χ3n) is 4.90. The molecule has 1 heterocycles. The van der Waals surface area contributed by atoms with E-state index in [1.54, 1.807) is 4.90 Å². The lowest BCUT2D eigenvalue weighted by Crippen LogP contribution is -2.54. The summed E-state index contributed by atoms with van der Waals surface area (Å²) < 4.78 is 0. The molecule has 1 fully saturated rings. The van der Waals surface area contributed by atoms with Crippen molar-refractivity contribution in [2.75, 3.05) is 19.6 Å². The molecule has 3 amide bonds. The van der Waals surface area contributed by atoms with E-state index in [1.165, 1.54) is 10.0 Å². The Kier molecular flexibility index (Phi) is 7.66. The summed E-state index contributed by atoms with van der Waals surface area (Å²) >= 11 is 0. The second kappa shape index (κ2) is 9.74. The molecule has 6 heteroatoms. The van der Waals surface area contributed by atoms with E-state index in [4.69, 9.17) is 0 Å². The number of hydrazine groups is 1. The number of carbonyl (C=O) groups is 2. The van der Waals surface area contributed by atoms with Crippen molar-refractivity contribution < 1.29 is 14.7 Å². The van der Waals surface area contributed by atoms with Gasteiger partial charge < -0.3 is 10.0 Å². The fourth-order valence-electron chi connectivity index (χ4n) is 3.54. The Bertz CT molecular complexity index is 620. The Morgan fingerprint density at radius 1 is 1.15 bits per heavy atom. The van der Waals surface area contributed by atoms with E-state index in [0.29, 0.717) is 19.5 Å². The number of amides is 3. The predicted molar refractivity (Wildman–Crippen MR) is 106 cm³/mol. The largest absolute Gasteiger partial charge is 0.389 e. The van der Waals surface area contributed by atoms with E-state index in [0.717, 1.165) is 18.4 Å². The lowest BCUT2D eigenvalue weighted by molar-refractivity contribution is -0.149. The Morgan fingerprint density at radius 3 is 2.33 bits per heavy atom. The van der Waals surface area contributed by atoms with Crippen LogP contribution >= 0.6 is 0 Å². The fourth-order valence-corrected chi connectivity index (χ4v) is 3.54. The van der Waals surface area contributed by atoms with Gasteiger partial charge in [-0.05, 0) is 24.8 Å². The number of hydrogen-bond acceptors (Lipinski definition) is 3. The van der Waals surface area contributed by atoms with E-state index in [-0.39, 0.29) is 30.4 Å². The van der Waals surface area contributed by atoms with Crippen molar-refractivity contribution in [3.05, 3.63) is 35.9 Å². The highest BCUT2D eigenvalue weighted by atomic mass is 16.3. The van der Waals surface area contributed by atoms with Crippen LogP contribution in [0, 0.1) is 5.92 Å². The Morgan fingerprint density at radius 2 is 1.78 bits per heavy atom. The molecule has 2 rings (SSSR count). The number of aliphatic hydroxyl groups excluding tert-OH is 1. The minimum Gasteiger partial charge on any atom is -0.389 e. The molecule has 150 valence electrons. The average Bonchev–Trinajstić information content (AvgIpc) is 2.74. The molecular weight excluding hydrogens is 342 g/mol. The highest BCUT2D eigenvalue weighted by molar-refractivity contribution is 5.83. The molecule has 6 nitrogen and oxygen atoms in total. The summed E-state index contributed by atoms with van der Waals surface area (Å²) in [6, 6.07) is 9.34. The van der Waals surface area contributed by atoms with E-state index >= 15 is 0 Å². The molecule has 1 aliphatic rings. The molecule has 0 aromatic heterocycles. The van der Waals surface area contributed by atoms with E-state index < -0.39 is 6.10 Å². The van der Waals surface area contributed by atoms with Crippen LogP contribution in [0.1, 0.15) is 46.1 Å². The van der Waals surface area contributed by atoms with Crippen LogP contribution in [0.15, 0.2) is 30.3 Å². The Balaban J connectivity index is 2.39. The average molecular weight is 376 g/mol. The Hall–Kier alpha value is -2.08. The number of benzene rings is 1. The van der Waals surface area contributed by atoms with Crippen LogP contribution in [0.25, 0.3) is 0 Å². The van der Waals surface area contributed by atoms with Gasteiger partial charge in [-0.3, -0.25) is 4.79 Å². The summed E-state index contributed by atoms with van der Waals surface area (Å²) in [7, 11) is 0. The number of rotatable bonds is 7. The zero-order valence-electron chi connectivity index (χ0n) is 17.0. The number of urea groups is 1. The van der Waals surface area contributed by atoms with Gasteiger partial charge in [-0.15, -0.1) is 0 Å². The maximum atomic E-state index is 13.4. The van der Waals surface area contributed by atoms with Crippen LogP contribution in [0.3, 0.4) is 0 Å². The molecule has 0 spiro atoms. The van der Waals surface area contributed by atoms with Crippen LogP contribution in [0.2, 0.25) is 0 Å². The molecule has 1 saturated heterocycles. The van der Waals surface area contributed by atoms with Crippen molar-refractivity contribution in [1.82, 2.24) is 14.9 Å². The number of hydrogen-bond donors (Lipinski definition) is 1. The first-order valence-electron chi connectivity index (χ1n) is 10.0. The van der Waals surface area contributed by atoms with Gasteiger partial charge in [0.2, 0.25) is 5.91 Å². The topological polar surface area (TPSA) is 64.1 Å². The SMILES string of the molecule is CCCN1C(=O)N(CCC)N(C(=O)C(C)C)C[C@@H](O)[C@H]1Cc1ccccc1. The van der Waals surface area contributed by atoms with Crippen LogP contribution in [-0.2, 0) is 11.2 Å². The third kappa shape index (κ3) is 5.01. The number of nitrogens with zero attached hydrogens (tertiary/aromatic N) is 3. The number of β-amino-alcohol motifs (C(OH)–C–C–N with tert-alkyl or cyclic N) is 1. The van der Waals surface area contributed by atoms with Crippen LogP contribution in [0.4, 0.5) is 4.79 Å². The van der Waals surface area contributed by atoms with Gasteiger partial charge in [-0.1, -0.05) is 58.0 Å². The van der Waals surface area contributed by atoms with Crippen molar-refractivity contribution in [2.45, 2.75) is 59.1 Å². The highest BCUT2D eigenvalue weighted by Gasteiger charge is 2.41. The van der Waals surface area contributed by atoms with Gasteiger partial charge in [0.05, 0.1) is 18.7 Å². The first kappa shape index (κ1) is 21.2. The molecule has 0 bridgehead atoms. The first-order chi connectivity index (χ1) is 12.9. The zero-order valence-corrected chi connectivity index (χ0v) is 17.0. The van der Waals surface area contributed by atoms with Crippen molar-refractivity contribution in [2.24, 2.45) is 5.92 Å². The molecule has 1 aromatic carbocycles. The van der Waals surface area contributed by atoms with Gasteiger partial charge in [-0.25, -0.2) is 14.8 Å². The molecule has 0 radical (unpaired) electrons. The summed E-state index contributed by atoms with van der Waals surface area (Å²) in [5.74, 6) is -0.373. The van der Waals surface area contributed by atoms with Crippen molar-refractivity contribution in [3.8, 4) is 0 Å².